The number of rotatable bonds is 4. The molecule has 4 heteroatoms. The van der Waals surface area contributed by atoms with Crippen LogP contribution < -0.4 is 5.32 Å². The summed E-state index contributed by atoms with van der Waals surface area (Å²) in [5.74, 6) is 1.06. The second-order valence-corrected chi connectivity index (χ2v) is 6.61. The third-order valence-electron chi connectivity index (χ3n) is 3.60. The Kier molecular flexibility index (Phi) is 4.75. The van der Waals surface area contributed by atoms with Gasteiger partial charge in [0.15, 0.2) is 0 Å². The maximum atomic E-state index is 12.2. The van der Waals surface area contributed by atoms with Gasteiger partial charge in [-0.1, -0.05) is 19.1 Å². The molecule has 1 aliphatic carbocycles. The normalized spacial score (nSPS) is 22.4. The summed E-state index contributed by atoms with van der Waals surface area (Å²) < 4.78 is 0. The topological polar surface area (TPSA) is 49.3 Å². The van der Waals surface area contributed by atoms with Gasteiger partial charge in [0, 0.05) is 11.3 Å². The van der Waals surface area contributed by atoms with Gasteiger partial charge >= 0.3 is 0 Å². The molecule has 0 bridgehead atoms. The van der Waals surface area contributed by atoms with Crippen molar-refractivity contribution in [3.05, 3.63) is 29.3 Å². The summed E-state index contributed by atoms with van der Waals surface area (Å²) >= 11 is 1.97. The predicted octanol–water partition coefficient (Wildman–Crippen LogP) is 3.10. The number of aromatic hydroxyl groups is 1. The number of amides is 1. The fraction of sp³-hybridized carbons (Fsp3) is 0.533. The molecule has 1 aliphatic rings. The number of nitrogens with one attached hydrogen (secondary N) is 1. The standard InChI is InChI=1S/C15H21NO2S/c1-3-19-12-8-7-11(9-12)16-15(18)13-6-4-5-10(2)14(13)17/h4-6,11-12,17H,3,7-9H2,1-2H3,(H,16,18). The number of phenolic OH excluding ortho intramolecular Hbond substituents is 1. The Bertz CT molecular complexity index is 461. The van der Waals surface area contributed by atoms with Gasteiger partial charge < -0.3 is 10.4 Å². The number of carbonyl (C=O) groups is 1. The van der Waals surface area contributed by atoms with E-state index in [-0.39, 0.29) is 17.7 Å². The van der Waals surface area contributed by atoms with Crippen LogP contribution in [0.25, 0.3) is 0 Å². The van der Waals surface area contributed by atoms with Crippen LogP contribution >= 0.6 is 11.8 Å². The summed E-state index contributed by atoms with van der Waals surface area (Å²) in [5.41, 5.74) is 1.12. The first-order valence-electron chi connectivity index (χ1n) is 6.82. The smallest absolute Gasteiger partial charge is 0.255 e. The van der Waals surface area contributed by atoms with Crippen molar-refractivity contribution in [2.24, 2.45) is 0 Å². The minimum Gasteiger partial charge on any atom is -0.507 e. The quantitative estimate of drug-likeness (QED) is 0.890. The molecule has 2 N–H and O–H groups in total. The van der Waals surface area contributed by atoms with Crippen LogP contribution in [-0.4, -0.2) is 28.1 Å². The van der Waals surface area contributed by atoms with Crippen LogP contribution in [0.15, 0.2) is 18.2 Å². The first-order chi connectivity index (χ1) is 9.11. The number of phenols is 1. The summed E-state index contributed by atoms with van der Waals surface area (Å²) in [6.45, 7) is 3.97. The molecule has 2 rings (SSSR count). The van der Waals surface area contributed by atoms with Gasteiger partial charge in [-0.2, -0.15) is 11.8 Å². The molecule has 0 aliphatic heterocycles. The highest BCUT2D eigenvalue weighted by Crippen LogP contribution is 2.30. The Hall–Kier alpha value is -1.16. The predicted molar refractivity (Wildman–Crippen MR) is 79.9 cm³/mol. The molecule has 0 saturated heterocycles. The summed E-state index contributed by atoms with van der Waals surface area (Å²) in [6, 6.07) is 5.52. The molecule has 1 amide bonds. The van der Waals surface area contributed by atoms with Crippen LogP contribution in [0.5, 0.6) is 5.75 Å². The molecule has 3 nitrogen and oxygen atoms in total. The zero-order valence-electron chi connectivity index (χ0n) is 11.5. The van der Waals surface area contributed by atoms with Crippen LogP contribution in [0.4, 0.5) is 0 Å². The fourth-order valence-corrected chi connectivity index (χ4v) is 3.71. The lowest BCUT2D eigenvalue weighted by Crippen LogP contribution is -2.33. The van der Waals surface area contributed by atoms with Gasteiger partial charge in [-0.15, -0.1) is 0 Å². The van der Waals surface area contributed by atoms with Crippen molar-refractivity contribution < 1.29 is 9.90 Å². The first-order valence-corrected chi connectivity index (χ1v) is 7.87. The molecule has 1 aromatic carbocycles. The molecule has 19 heavy (non-hydrogen) atoms. The van der Waals surface area contributed by atoms with E-state index in [0.29, 0.717) is 10.8 Å². The van der Waals surface area contributed by atoms with E-state index in [0.717, 1.165) is 24.2 Å². The average molecular weight is 279 g/mol. The molecule has 0 radical (unpaired) electrons. The Morgan fingerprint density at radius 2 is 2.26 bits per heavy atom. The number of hydrogen-bond donors (Lipinski definition) is 2. The molecule has 0 aromatic heterocycles. The van der Waals surface area contributed by atoms with Gasteiger partial charge in [0.1, 0.15) is 5.75 Å². The molecular formula is C15H21NO2S. The van der Waals surface area contributed by atoms with Crippen molar-refractivity contribution in [1.29, 1.82) is 0 Å². The summed E-state index contributed by atoms with van der Waals surface area (Å²) in [5, 5.41) is 13.6. The largest absolute Gasteiger partial charge is 0.507 e. The second kappa shape index (κ2) is 6.33. The van der Waals surface area contributed by atoms with Crippen LogP contribution in [0, 0.1) is 6.92 Å². The van der Waals surface area contributed by atoms with E-state index in [1.54, 1.807) is 25.1 Å². The zero-order chi connectivity index (χ0) is 13.8. The van der Waals surface area contributed by atoms with Crippen molar-refractivity contribution in [2.45, 2.75) is 44.4 Å². The van der Waals surface area contributed by atoms with Gasteiger partial charge in [0.25, 0.3) is 5.91 Å². The number of benzene rings is 1. The van der Waals surface area contributed by atoms with E-state index in [4.69, 9.17) is 0 Å². The Morgan fingerprint density at radius 1 is 1.47 bits per heavy atom. The lowest BCUT2D eigenvalue weighted by atomic mass is 10.1. The summed E-state index contributed by atoms with van der Waals surface area (Å²) in [7, 11) is 0. The monoisotopic (exact) mass is 279 g/mol. The van der Waals surface area contributed by atoms with Crippen molar-refractivity contribution in [2.75, 3.05) is 5.75 Å². The summed E-state index contributed by atoms with van der Waals surface area (Å²) in [4.78, 5) is 12.2. The van der Waals surface area contributed by atoms with Crippen molar-refractivity contribution >= 4 is 17.7 Å². The highest BCUT2D eigenvalue weighted by Gasteiger charge is 2.26. The van der Waals surface area contributed by atoms with Crippen LogP contribution in [0.2, 0.25) is 0 Å². The number of aryl methyl sites for hydroxylation is 1. The van der Waals surface area contributed by atoms with E-state index < -0.39 is 0 Å². The summed E-state index contributed by atoms with van der Waals surface area (Å²) in [6.07, 6.45) is 3.25. The molecule has 0 heterocycles. The first kappa shape index (κ1) is 14.3. The molecule has 2 atom stereocenters. The van der Waals surface area contributed by atoms with Gasteiger partial charge in [-0.3, -0.25) is 4.79 Å². The Morgan fingerprint density at radius 3 is 3.00 bits per heavy atom. The van der Waals surface area contributed by atoms with E-state index in [9.17, 15) is 9.90 Å². The Balaban J connectivity index is 1.97. The Labute approximate surface area is 118 Å². The third kappa shape index (κ3) is 3.44. The van der Waals surface area contributed by atoms with Crippen molar-refractivity contribution in [3.63, 3.8) is 0 Å². The van der Waals surface area contributed by atoms with Crippen molar-refractivity contribution in [1.82, 2.24) is 5.32 Å². The number of carbonyl (C=O) groups excluding carboxylic acids is 1. The molecule has 104 valence electrons. The molecule has 2 unspecified atom stereocenters. The lowest BCUT2D eigenvalue weighted by Gasteiger charge is -2.14. The molecule has 1 aromatic rings. The third-order valence-corrected chi connectivity index (χ3v) is 4.84. The van der Waals surface area contributed by atoms with Crippen LogP contribution in [-0.2, 0) is 0 Å². The lowest BCUT2D eigenvalue weighted by molar-refractivity contribution is 0.0935. The highest BCUT2D eigenvalue weighted by atomic mass is 32.2. The van der Waals surface area contributed by atoms with E-state index >= 15 is 0 Å². The molecular weight excluding hydrogens is 258 g/mol. The SMILES string of the molecule is CCSC1CCC(NC(=O)c2cccc(C)c2O)C1. The van der Waals surface area contributed by atoms with Crippen LogP contribution in [0.3, 0.4) is 0 Å². The van der Waals surface area contributed by atoms with Gasteiger partial charge in [0.2, 0.25) is 0 Å². The van der Waals surface area contributed by atoms with E-state index in [1.807, 2.05) is 11.8 Å². The van der Waals surface area contributed by atoms with E-state index in [2.05, 4.69) is 12.2 Å². The second-order valence-electron chi connectivity index (χ2n) is 5.03. The minimum absolute atomic E-state index is 0.0949. The van der Waals surface area contributed by atoms with E-state index in [1.165, 1.54) is 6.42 Å². The molecule has 0 spiro atoms. The van der Waals surface area contributed by atoms with Crippen molar-refractivity contribution in [3.8, 4) is 5.75 Å². The van der Waals surface area contributed by atoms with Gasteiger partial charge in [-0.05, 0) is 43.6 Å². The molecule has 1 fully saturated rings. The van der Waals surface area contributed by atoms with Gasteiger partial charge in [0.05, 0.1) is 5.56 Å². The van der Waals surface area contributed by atoms with Crippen LogP contribution in [0.1, 0.15) is 42.1 Å². The maximum Gasteiger partial charge on any atom is 0.255 e. The number of para-hydroxylation sites is 1. The number of thioether (sulfide) groups is 1. The maximum absolute atomic E-state index is 12.2. The fourth-order valence-electron chi connectivity index (χ4n) is 2.56. The zero-order valence-corrected chi connectivity index (χ0v) is 12.3. The number of hydrogen-bond acceptors (Lipinski definition) is 3. The van der Waals surface area contributed by atoms with Gasteiger partial charge in [-0.25, -0.2) is 0 Å². The average Bonchev–Trinajstić information content (AvgIpc) is 2.80. The highest BCUT2D eigenvalue weighted by molar-refractivity contribution is 7.99. The minimum atomic E-state index is -0.159. The molecule has 1 saturated carbocycles.